The molecule has 1 unspecified atom stereocenters. The predicted octanol–water partition coefficient (Wildman–Crippen LogP) is 0.628. The molecule has 0 bridgehead atoms. The first kappa shape index (κ1) is 12.1. The van der Waals surface area contributed by atoms with E-state index in [0.717, 1.165) is 25.2 Å². The van der Waals surface area contributed by atoms with Crippen molar-refractivity contribution >= 4 is 0 Å². The Morgan fingerprint density at radius 3 is 3.07 bits per heavy atom. The summed E-state index contributed by atoms with van der Waals surface area (Å²) in [6.45, 7) is 3.49. The Bertz CT molecular complexity index is 275. The number of aromatic nitrogens is 3. The van der Waals surface area contributed by atoms with E-state index in [1.54, 1.807) is 11.8 Å². The van der Waals surface area contributed by atoms with Gasteiger partial charge in [-0.05, 0) is 19.8 Å². The Morgan fingerprint density at radius 1 is 1.60 bits per heavy atom. The molecule has 0 aliphatic heterocycles. The third kappa shape index (κ3) is 3.97. The molecular formula is C10H19N3O2. The van der Waals surface area contributed by atoms with Gasteiger partial charge in [0.05, 0.1) is 6.10 Å². The minimum Gasteiger partial charge on any atom is -0.393 e. The summed E-state index contributed by atoms with van der Waals surface area (Å²) in [5.74, 6) is 0.849. The number of methoxy groups -OCH3 is 1. The zero-order chi connectivity index (χ0) is 11.1. The summed E-state index contributed by atoms with van der Waals surface area (Å²) >= 11 is 0. The number of ether oxygens (including phenoxy) is 1. The van der Waals surface area contributed by atoms with Crippen LogP contribution < -0.4 is 0 Å². The van der Waals surface area contributed by atoms with Gasteiger partial charge in [0.1, 0.15) is 12.2 Å². The maximum atomic E-state index is 9.73. The van der Waals surface area contributed by atoms with E-state index in [1.807, 2.05) is 6.92 Å². The Hall–Kier alpha value is -0.940. The van der Waals surface area contributed by atoms with Crippen molar-refractivity contribution in [3.63, 3.8) is 0 Å². The highest BCUT2D eigenvalue weighted by molar-refractivity contribution is 4.87. The molecule has 0 aromatic carbocycles. The van der Waals surface area contributed by atoms with E-state index in [9.17, 15) is 5.11 Å². The van der Waals surface area contributed by atoms with Crippen molar-refractivity contribution in [2.45, 2.75) is 38.8 Å². The molecule has 0 radical (unpaired) electrons. The van der Waals surface area contributed by atoms with Crippen LogP contribution >= 0.6 is 0 Å². The molecule has 1 aromatic heterocycles. The van der Waals surface area contributed by atoms with Gasteiger partial charge in [0, 0.05) is 26.7 Å². The van der Waals surface area contributed by atoms with Crippen LogP contribution in [0.1, 0.15) is 25.6 Å². The van der Waals surface area contributed by atoms with Gasteiger partial charge in [-0.15, -0.1) is 0 Å². The van der Waals surface area contributed by atoms with Crippen LogP contribution in [-0.2, 0) is 17.7 Å². The van der Waals surface area contributed by atoms with Crippen LogP contribution in [-0.4, -0.2) is 39.7 Å². The van der Waals surface area contributed by atoms with Gasteiger partial charge in [0.2, 0.25) is 0 Å². The topological polar surface area (TPSA) is 60.2 Å². The molecule has 0 saturated heterocycles. The standard InChI is InChI=1S/C10H19N3O2/c1-3-13-10(11-8-12-13)7-9(14)5-4-6-15-2/h8-9,14H,3-7H2,1-2H3. The highest BCUT2D eigenvalue weighted by Gasteiger charge is 2.10. The van der Waals surface area contributed by atoms with E-state index in [1.165, 1.54) is 6.33 Å². The summed E-state index contributed by atoms with van der Waals surface area (Å²) in [5, 5.41) is 13.8. The van der Waals surface area contributed by atoms with Crippen LogP contribution in [0.4, 0.5) is 0 Å². The van der Waals surface area contributed by atoms with Crippen molar-refractivity contribution in [2.75, 3.05) is 13.7 Å². The number of hydrogen-bond acceptors (Lipinski definition) is 4. The molecule has 0 amide bonds. The largest absolute Gasteiger partial charge is 0.393 e. The molecule has 1 rings (SSSR count). The normalized spacial score (nSPS) is 13.0. The lowest BCUT2D eigenvalue weighted by Gasteiger charge is -2.09. The van der Waals surface area contributed by atoms with Crippen molar-refractivity contribution in [3.8, 4) is 0 Å². The van der Waals surface area contributed by atoms with E-state index in [0.29, 0.717) is 13.0 Å². The number of aryl methyl sites for hydroxylation is 1. The van der Waals surface area contributed by atoms with Crippen LogP contribution in [0.3, 0.4) is 0 Å². The Balaban J connectivity index is 2.33. The SMILES string of the molecule is CCn1ncnc1CC(O)CCCOC. The Kier molecular flexibility index (Phi) is 5.28. The lowest BCUT2D eigenvalue weighted by atomic mass is 10.1. The second-order valence-corrected chi connectivity index (χ2v) is 3.49. The van der Waals surface area contributed by atoms with Crippen molar-refractivity contribution in [2.24, 2.45) is 0 Å². The minimum atomic E-state index is -0.352. The van der Waals surface area contributed by atoms with E-state index in [4.69, 9.17) is 4.74 Å². The van der Waals surface area contributed by atoms with Gasteiger partial charge in [-0.25, -0.2) is 4.98 Å². The molecule has 1 N–H and O–H groups in total. The first-order valence-corrected chi connectivity index (χ1v) is 5.31. The van der Waals surface area contributed by atoms with Gasteiger partial charge < -0.3 is 9.84 Å². The minimum absolute atomic E-state index is 0.352. The molecule has 1 heterocycles. The molecule has 0 aliphatic carbocycles. The lowest BCUT2D eigenvalue weighted by molar-refractivity contribution is 0.133. The van der Waals surface area contributed by atoms with Crippen LogP contribution in [0, 0.1) is 0 Å². The summed E-state index contributed by atoms with van der Waals surface area (Å²) in [6.07, 6.45) is 3.36. The van der Waals surface area contributed by atoms with Crippen LogP contribution in [0.15, 0.2) is 6.33 Å². The zero-order valence-corrected chi connectivity index (χ0v) is 9.39. The third-order valence-electron chi connectivity index (χ3n) is 2.30. The van der Waals surface area contributed by atoms with Crippen molar-refractivity contribution in [1.82, 2.24) is 14.8 Å². The highest BCUT2D eigenvalue weighted by Crippen LogP contribution is 2.05. The maximum Gasteiger partial charge on any atom is 0.138 e. The number of nitrogens with zero attached hydrogens (tertiary/aromatic N) is 3. The van der Waals surface area contributed by atoms with Crippen LogP contribution in [0.2, 0.25) is 0 Å². The molecule has 5 nitrogen and oxygen atoms in total. The van der Waals surface area contributed by atoms with Gasteiger partial charge >= 0.3 is 0 Å². The molecule has 0 fully saturated rings. The van der Waals surface area contributed by atoms with E-state index < -0.39 is 0 Å². The molecular weight excluding hydrogens is 194 g/mol. The van der Waals surface area contributed by atoms with Gasteiger partial charge in [-0.1, -0.05) is 0 Å². The molecule has 0 saturated carbocycles. The second kappa shape index (κ2) is 6.53. The average molecular weight is 213 g/mol. The van der Waals surface area contributed by atoms with Gasteiger partial charge in [-0.2, -0.15) is 5.10 Å². The Morgan fingerprint density at radius 2 is 2.40 bits per heavy atom. The first-order valence-electron chi connectivity index (χ1n) is 5.31. The molecule has 5 heteroatoms. The molecule has 0 aliphatic rings. The monoisotopic (exact) mass is 213 g/mol. The Labute approximate surface area is 90.1 Å². The van der Waals surface area contributed by atoms with Crippen molar-refractivity contribution in [1.29, 1.82) is 0 Å². The fourth-order valence-corrected chi connectivity index (χ4v) is 1.49. The number of aliphatic hydroxyl groups excluding tert-OH is 1. The van der Waals surface area contributed by atoms with Gasteiger partial charge in [-0.3, -0.25) is 4.68 Å². The molecule has 15 heavy (non-hydrogen) atoms. The molecule has 1 aromatic rings. The fraction of sp³-hybridized carbons (Fsp3) is 0.800. The fourth-order valence-electron chi connectivity index (χ4n) is 1.49. The van der Waals surface area contributed by atoms with Crippen molar-refractivity contribution < 1.29 is 9.84 Å². The summed E-state index contributed by atoms with van der Waals surface area (Å²) < 4.78 is 6.73. The van der Waals surface area contributed by atoms with E-state index >= 15 is 0 Å². The number of hydrogen-bond donors (Lipinski definition) is 1. The lowest BCUT2D eigenvalue weighted by Crippen LogP contribution is -2.15. The highest BCUT2D eigenvalue weighted by atomic mass is 16.5. The molecule has 1 atom stereocenters. The molecule has 0 spiro atoms. The summed E-state index contributed by atoms with van der Waals surface area (Å²) in [6, 6.07) is 0. The van der Waals surface area contributed by atoms with Crippen molar-refractivity contribution in [3.05, 3.63) is 12.2 Å². The van der Waals surface area contributed by atoms with Crippen LogP contribution in [0.25, 0.3) is 0 Å². The van der Waals surface area contributed by atoms with Crippen LogP contribution in [0.5, 0.6) is 0 Å². The predicted molar refractivity (Wildman–Crippen MR) is 56.5 cm³/mol. The van der Waals surface area contributed by atoms with Gasteiger partial charge in [0.25, 0.3) is 0 Å². The maximum absolute atomic E-state index is 9.73. The average Bonchev–Trinajstić information content (AvgIpc) is 2.65. The van der Waals surface area contributed by atoms with E-state index in [2.05, 4.69) is 10.1 Å². The van der Waals surface area contributed by atoms with Gasteiger partial charge in [0.15, 0.2) is 0 Å². The zero-order valence-electron chi connectivity index (χ0n) is 9.39. The summed E-state index contributed by atoms with van der Waals surface area (Å²) in [5.41, 5.74) is 0. The molecule has 86 valence electrons. The quantitative estimate of drug-likeness (QED) is 0.675. The number of rotatable bonds is 7. The number of aliphatic hydroxyl groups is 1. The smallest absolute Gasteiger partial charge is 0.138 e. The van der Waals surface area contributed by atoms with E-state index in [-0.39, 0.29) is 6.10 Å². The third-order valence-corrected chi connectivity index (χ3v) is 2.30. The summed E-state index contributed by atoms with van der Waals surface area (Å²) in [4.78, 5) is 4.12. The second-order valence-electron chi connectivity index (χ2n) is 3.49. The summed E-state index contributed by atoms with van der Waals surface area (Å²) in [7, 11) is 1.67. The first-order chi connectivity index (χ1) is 7.27.